The van der Waals surface area contributed by atoms with E-state index in [1.165, 1.54) is 31.4 Å². The second-order valence-corrected chi connectivity index (χ2v) is 10.6. The molecule has 0 radical (unpaired) electrons. The van der Waals surface area contributed by atoms with Crippen LogP contribution in [-0.4, -0.2) is 69.0 Å². The summed E-state index contributed by atoms with van der Waals surface area (Å²) < 4.78 is 34.5. The number of benzene rings is 3. The molecule has 42 heavy (non-hydrogen) atoms. The number of nitrogens with one attached hydrogen (secondary N) is 3. The second kappa shape index (κ2) is 14.1. The van der Waals surface area contributed by atoms with Gasteiger partial charge in [-0.25, -0.2) is 18.5 Å². The number of hydrogen-bond donors (Lipinski definition) is 5. The number of carbonyl (C=O) groups is 3. The Morgan fingerprint density at radius 2 is 1.76 bits per heavy atom. The van der Waals surface area contributed by atoms with Crippen molar-refractivity contribution in [2.75, 3.05) is 30.9 Å². The first kappa shape index (κ1) is 30.8. The van der Waals surface area contributed by atoms with Gasteiger partial charge < -0.3 is 30.1 Å². The third-order valence-corrected chi connectivity index (χ3v) is 7.40. The summed E-state index contributed by atoms with van der Waals surface area (Å²) in [5.74, 6) is -0.519. The number of carboxylic acid groups (broad SMARTS) is 1. The number of ether oxygens (including phenoxy) is 2. The SMILES string of the molecule is COc1cc(CC(=O)N2C[C@@H](NS(=O)O)C[C@H]2COc2ccc(C(=O)O)cc2)ccc1NC(=O)Nc1ccccc1Cl. The van der Waals surface area contributed by atoms with E-state index in [1.54, 1.807) is 47.4 Å². The van der Waals surface area contributed by atoms with Crippen molar-refractivity contribution in [3.8, 4) is 11.5 Å². The van der Waals surface area contributed by atoms with Crippen LogP contribution in [0.3, 0.4) is 0 Å². The number of rotatable bonds is 11. The summed E-state index contributed by atoms with van der Waals surface area (Å²) in [6, 6.07) is 16.3. The molecule has 1 heterocycles. The largest absolute Gasteiger partial charge is 0.495 e. The molecular formula is C28H29ClN4O8S. The van der Waals surface area contributed by atoms with Gasteiger partial charge in [-0.2, -0.15) is 0 Å². The highest BCUT2D eigenvalue weighted by atomic mass is 35.5. The van der Waals surface area contributed by atoms with Crippen LogP contribution in [-0.2, 0) is 22.5 Å². The molecule has 222 valence electrons. The molecule has 1 fully saturated rings. The van der Waals surface area contributed by atoms with E-state index in [9.17, 15) is 23.1 Å². The van der Waals surface area contributed by atoms with Crippen LogP contribution in [0.25, 0.3) is 0 Å². The van der Waals surface area contributed by atoms with Crippen LogP contribution in [0.1, 0.15) is 22.3 Å². The Morgan fingerprint density at radius 3 is 2.43 bits per heavy atom. The summed E-state index contributed by atoms with van der Waals surface area (Å²) >= 11 is 3.84. The van der Waals surface area contributed by atoms with Crippen molar-refractivity contribution in [3.63, 3.8) is 0 Å². The summed E-state index contributed by atoms with van der Waals surface area (Å²) in [4.78, 5) is 38.6. The molecule has 1 saturated heterocycles. The second-order valence-electron chi connectivity index (χ2n) is 9.41. The van der Waals surface area contributed by atoms with Gasteiger partial charge in [0.2, 0.25) is 17.2 Å². The molecule has 3 atom stereocenters. The van der Waals surface area contributed by atoms with Gasteiger partial charge in [0.1, 0.15) is 18.1 Å². The number of carboxylic acids is 1. The van der Waals surface area contributed by atoms with Crippen molar-refractivity contribution >= 4 is 52.1 Å². The normalized spacial score (nSPS) is 16.9. The van der Waals surface area contributed by atoms with Crippen LogP contribution in [0.2, 0.25) is 5.02 Å². The average molecular weight is 617 g/mol. The van der Waals surface area contributed by atoms with Crippen molar-refractivity contribution in [2.24, 2.45) is 0 Å². The number of aromatic carboxylic acids is 1. The number of nitrogens with zero attached hydrogens (tertiary/aromatic N) is 1. The Hall–Kier alpha value is -4.17. The average Bonchev–Trinajstić information content (AvgIpc) is 3.36. The zero-order valence-corrected chi connectivity index (χ0v) is 24.0. The lowest BCUT2D eigenvalue weighted by molar-refractivity contribution is -0.131. The molecule has 0 spiro atoms. The first-order valence-electron chi connectivity index (χ1n) is 12.7. The molecule has 1 aliphatic rings. The maximum atomic E-state index is 13.4. The lowest BCUT2D eigenvalue weighted by atomic mass is 10.1. The molecule has 14 heteroatoms. The Kier molecular flexibility index (Phi) is 10.4. The van der Waals surface area contributed by atoms with Crippen LogP contribution in [0.4, 0.5) is 16.2 Å². The van der Waals surface area contributed by atoms with Crippen molar-refractivity contribution in [1.29, 1.82) is 0 Å². The minimum absolute atomic E-state index is 0.00119. The van der Waals surface area contributed by atoms with Crippen molar-refractivity contribution < 1.29 is 37.7 Å². The van der Waals surface area contributed by atoms with E-state index in [4.69, 9.17) is 26.2 Å². The van der Waals surface area contributed by atoms with Gasteiger partial charge in [0.15, 0.2) is 0 Å². The van der Waals surface area contributed by atoms with Gasteiger partial charge in [-0.3, -0.25) is 9.35 Å². The molecule has 3 aromatic carbocycles. The smallest absolute Gasteiger partial charge is 0.335 e. The number of methoxy groups -OCH3 is 1. The lowest BCUT2D eigenvalue weighted by Crippen LogP contribution is -2.41. The molecule has 0 aliphatic carbocycles. The van der Waals surface area contributed by atoms with Crippen LogP contribution >= 0.6 is 11.6 Å². The monoisotopic (exact) mass is 616 g/mol. The first-order valence-corrected chi connectivity index (χ1v) is 14.2. The predicted molar refractivity (Wildman–Crippen MR) is 158 cm³/mol. The van der Waals surface area contributed by atoms with E-state index in [2.05, 4.69) is 15.4 Å². The van der Waals surface area contributed by atoms with Gasteiger partial charge in [-0.1, -0.05) is 29.8 Å². The molecular weight excluding hydrogens is 588 g/mol. The molecule has 3 amide bonds. The maximum absolute atomic E-state index is 13.4. The maximum Gasteiger partial charge on any atom is 0.335 e. The summed E-state index contributed by atoms with van der Waals surface area (Å²) in [5, 5.41) is 14.8. The quantitative estimate of drug-likeness (QED) is 0.202. The molecule has 0 aromatic heterocycles. The Bertz CT molecular complexity index is 1470. The highest BCUT2D eigenvalue weighted by Gasteiger charge is 2.36. The number of carbonyl (C=O) groups excluding carboxylic acids is 2. The van der Waals surface area contributed by atoms with Crippen molar-refractivity contribution in [2.45, 2.75) is 24.9 Å². The Morgan fingerprint density at radius 1 is 1.05 bits per heavy atom. The molecule has 1 aliphatic heterocycles. The summed E-state index contributed by atoms with van der Waals surface area (Å²) in [6.45, 7) is 0.289. The van der Waals surface area contributed by atoms with Gasteiger partial charge in [0.05, 0.1) is 41.5 Å². The fourth-order valence-electron chi connectivity index (χ4n) is 4.56. The summed E-state index contributed by atoms with van der Waals surface area (Å²) in [6.07, 6.45) is 0.374. The van der Waals surface area contributed by atoms with Crippen molar-refractivity contribution in [1.82, 2.24) is 9.62 Å². The van der Waals surface area contributed by atoms with E-state index in [-0.39, 0.29) is 31.0 Å². The van der Waals surface area contributed by atoms with Gasteiger partial charge in [0, 0.05) is 12.6 Å². The molecule has 3 aromatic rings. The van der Waals surface area contributed by atoms with E-state index in [0.717, 1.165) is 0 Å². The van der Waals surface area contributed by atoms with E-state index in [0.29, 0.717) is 39.9 Å². The standard InChI is InChI=1S/C28H29ClN4O8S/c1-40-25-12-17(6-11-24(25)31-28(37)30-23-5-3-2-4-22(23)29)13-26(34)33-15-19(32-42(38)39)14-20(33)16-41-21-9-7-18(8-10-21)27(35)36/h2-12,19-20,32H,13-16H2,1H3,(H,35,36)(H,38,39)(H2,30,31,37)/t19-,20-/m0/s1. The minimum Gasteiger partial charge on any atom is -0.495 e. The number of para-hydroxylation sites is 1. The molecule has 0 bridgehead atoms. The first-order chi connectivity index (χ1) is 20.1. The van der Waals surface area contributed by atoms with E-state index >= 15 is 0 Å². The van der Waals surface area contributed by atoms with Crippen LogP contribution in [0.5, 0.6) is 11.5 Å². The third-order valence-electron chi connectivity index (χ3n) is 6.54. The van der Waals surface area contributed by atoms with Crippen LogP contribution < -0.4 is 24.8 Å². The number of halogens is 1. The molecule has 12 nitrogen and oxygen atoms in total. The highest BCUT2D eigenvalue weighted by molar-refractivity contribution is 7.77. The number of anilines is 2. The van der Waals surface area contributed by atoms with Crippen LogP contribution in [0.15, 0.2) is 66.7 Å². The fourth-order valence-corrected chi connectivity index (χ4v) is 5.20. The fraction of sp³-hybridized carbons (Fsp3) is 0.250. The summed E-state index contributed by atoms with van der Waals surface area (Å²) in [5.41, 5.74) is 1.57. The minimum atomic E-state index is -2.26. The number of hydrogen-bond acceptors (Lipinski definition) is 6. The number of likely N-dealkylation sites (tertiary alicyclic amines) is 1. The zero-order chi connectivity index (χ0) is 30.2. The van der Waals surface area contributed by atoms with Crippen molar-refractivity contribution in [3.05, 3.63) is 82.9 Å². The Balaban J connectivity index is 1.42. The number of urea groups is 1. The van der Waals surface area contributed by atoms with E-state index < -0.39 is 35.4 Å². The molecule has 1 unspecified atom stereocenters. The summed E-state index contributed by atoms with van der Waals surface area (Å²) in [7, 11) is 1.44. The Labute approximate surface area is 249 Å². The van der Waals surface area contributed by atoms with Crippen LogP contribution in [0, 0.1) is 0 Å². The predicted octanol–water partition coefficient (Wildman–Crippen LogP) is 4.01. The lowest BCUT2D eigenvalue weighted by Gasteiger charge is -2.25. The zero-order valence-electron chi connectivity index (χ0n) is 22.4. The van der Waals surface area contributed by atoms with Gasteiger partial charge in [-0.05, 0) is 60.5 Å². The van der Waals surface area contributed by atoms with Gasteiger partial charge in [0.25, 0.3) is 0 Å². The molecule has 0 saturated carbocycles. The third kappa shape index (κ3) is 8.19. The van der Waals surface area contributed by atoms with Gasteiger partial charge in [-0.15, -0.1) is 0 Å². The molecule has 4 rings (SSSR count). The van der Waals surface area contributed by atoms with Gasteiger partial charge >= 0.3 is 12.0 Å². The highest BCUT2D eigenvalue weighted by Crippen LogP contribution is 2.28. The van der Waals surface area contributed by atoms with E-state index in [1.807, 2.05) is 0 Å². The topological polar surface area (TPSA) is 167 Å². The molecule has 5 N–H and O–H groups in total. The number of amides is 3.